The molecule has 0 spiro atoms. The van der Waals surface area contributed by atoms with Crippen LogP contribution in [0.4, 0.5) is 0 Å². The van der Waals surface area contributed by atoms with E-state index in [-0.39, 0.29) is 6.10 Å². The van der Waals surface area contributed by atoms with E-state index in [1.165, 1.54) is 5.56 Å². The van der Waals surface area contributed by atoms with Crippen molar-refractivity contribution in [3.63, 3.8) is 0 Å². The van der Waals surface area contributed by atoms with Crippen LogP contribution in [0, 0.1) is 0 Å². The number of aromatic nitrogens is 1. The van der Waals surface area contributed by atoms with Crippen molar-refractivity contribution < 1.29 is 9.47 Å². The van der Waals surface area contributed by atoms with Crippen molar-refractivity contribution in [1.82, 2.24) is 4.98 Å². The lowest BCUT2D eigenvalue weighted by atomic mass is 10.1. The zero-order valence-corrected chi connectivity index (χ0v) is 9.27. The van der Waals surface area contributed by atoms with Gasteiger partial charge in [0, 0.05) is 18.7 Å². The zero-order valence-electron chi connectivity index (χ0n) is 9.27. The topological polar surface area (TPSA) is 31.4 Å². The van der Waals surface area contributed by atoms with Crippen LogP contribution in [-0.2, 0) is 4.74 Å². The third kappa shape index (κ3) is 2.69. The molecule has 1 aromatic heterocycles. The molecule has 15 heavy (non-hydrogen) atoms. The highest BCUT2D eigenvalue weighted by atomic mass is 16.5. The molecule has 0 amide bonds. The monoisotopic (exact) mass is 207 g/mol. The predicted octanol–water partition coefficient (Wildman–Crippen LogP) is 2.37. The van der Waals surface area contributed by atoms with E-state index in [0.29, 0.717) is 18.4 Å². The molecule has 0 N–H and O–H groups in total. The Morgan fingerprint density at radius 1 is 1.47 bits per heavy atom. The molecule has 0 unspecified atom stereocenters. The highest BCUT2D eigenvalue weighted by Crippen LogP contribution is 2.18. The predicted molar refractivity (Wildman–Crippen MR) is 58.2 cm³/mol. The minimum absolute atomic E-state index is 0.183. The second-order valence-corrected chi connectivity index (χ2v) is 4.19. The van der Waals surface area contributed by atoms with Crippen LogP contribution in [0.3, 0.4) is 0 Å². The maximum Gasteiger partial charge on any atom is 0.213 e. The van der Waals surface area contributed by atoms with E-state index in [4.69, 9.17) is 9.47 Å². The fourth-order valence-corrected chi connectivity index (χ4v) is 1.58. The largest absolute Gasteiger partial charge is 0.472 e. The third-order valence-electron chi connectivity index (χ3n) is 2.60. The lowest BCUT2D eigenvalue weighted by molar-refractivity contribution is 0.138. The Kier molecular flexibility index (Phi) is 3.21. The van der Waals surface area contributed by atoms with Gasteiger partial charge < -0.3 is 9.47 Å². The molecule has 2 heterocycles. The van der Waals surface area contributed by atoms with Gasteiger partial charge in [0.15, 0.2) is 0 Å². The summed E-state index contributed by atoms with van der Waals surface area (Å²) < 4.78 is 10.9. The van der Waals surface area contributed by atoms with Crippen molar-refractivity contribution in [2.45, 2.75) is 32.3 Å². The first-order valence-corrected chi connectivity index (χ1v) is 5.46. The van der Waals surface area contributed by atoms with Crippen LogP contribution in [0.25, 0.3) is 0 Å². The van der Waals surface area contributed by atoms with E-state index in [0.717, 1.165) is 13.0 Å². The molecule has 0 radical (unpaired) electrons. The van der Waals surface area contributed by atoms with Crippen LogP contribution >= 0.6 is 0 Å². The summed E-state index contributed by atoms with van der Waals surface area (Å²) in [4.78, 5) is 4.29. The number of ether oxygens (including phenoxy) is 2. The molecule has 82 valence electrons. The molecular formula is C12H17NO2. The number of pyridine rings is 1. The summed E-state index contributed by atoms with van der Waals surface area (Å²) in [5.74, 6) is 1.22. The third-order valence-corrected chi connectivity index (χ3v) is 2.60. The summed E-state index contributed by atoms with van der Waals surface area (Å²) in [7, 11) is 0. The Labute approximate surface area is 90.4 Å². The molecule has 1 aliphatic rings. The molecule has 0 aromatic carbocycles. The molecule has 3 nitrogen and oxygen atoms in total. The summed E-state index contributed by atoms with van der Waals surface area (Å²) in [6, 6.07) is 4.01. The van der Waals surface area contributed by atoms with E-state index >= 15 is 0 Å². The normalized spacial score (nSPS) is 20.9. The van der Waals surface area contributed by atoms with E-state index in [1.54, 1.807) is 0 Å². The summed E-state index contributed by atoms with van der Waals surface area (Å²) in [5.41, 5.74) is 1.24. The second kappa shape index (κ2) is 4.62. The highest BCUT2D eigenvalue weighted by Gasteiger charge is 2.17. The number of rotatable bonds is 3. The van der Waals surface area contributed by atoms with Gasteiger partial charge >= 0.3 is 0 Å². The molecule has 0 saturated carbocycles. The average molecular weight is 207 g/mol. The minimum atomic E-state index is 0.183. The standard InChI is InChI=1S/C12H17NO2/c1-9(2)10-3-4-12(13-7-10)15-11-5-6-14-8-11/h3-4,7,9,11H,5-6,8H2,1-2H3/t11-/m1/s1. The van der Waals surface area contributed by atoms with Crippen LogP contribution in [0.5, 0.6) is 5.88 Å². The molecule has 1 aromatic rings. The van der Waals surface area contributed by atoms with Gasteiger partial charge in [0.25, 0.3) is 0 Å². The van der Waals surface area contributed by atoms with Crippen molar-refractivity contribution in [2.75, 3.05) is 13.2 Å². The van der Waals surface area contributed by atoms with Crippen molar-refractivity contribution in [3.8, 4) is 5.88 Å². The van der Waals surface area contributed by atoms with Crippen molar-refractivity contribution in [2.24, 2.45) is 0 Å². The first-order valence-electron chi connectivity index (χ1n) is 5.46. The molecule has 1 aliphatic heterocycles. The van der Waals surface area contributed by atoms with E-state index < -0.39 is 0 Å². The maximum absolute atomic E-state index is 5.67. The zero-order chi connectivity index (χ0) is 10.7. The summed E-state index contributed by atoms with van der Waals surface area (Å²) >= 11 is 0. The smallest absolute Gasteiger partial charge is 0.213 e. The fraction of sp³-hybridized carbons (Fsp3) is 0.583. The van der Waals surface area contributed by atoms with Crippen LogP contribution in [0.2, 0.25) is 0 Å². The first-order chi connectivity index (χ1) is 7.25. The Morgan fingerprint density at radius 3 is 2.87 bits per heavy atom. The van der Waals surface area contributed by atoms with E-state index in [1.807, 2.05) is 12.3 Å². The SMILES string of the molecule is CC(C)c1ccc(O[C@@H]2CCOC2)nc1. The molecule has 0 aliphatic carbocycles. The number of nitrogens with zero attached hydrogens (tertiary/aromatic N) is 1. The molecular weight excluding hydrogens is 190 g/mol. The summed E-state index contributed by atoms with van der Waals surface area (Å²) in [6.07, 6.45) is 3.03. The van der Waals surface area contributed by atoms with Gasteiger partial charge in [0.1, 0.15) is 6.10 Å². The van der Waals surface area contributed by atoms with Gasteiger partial charge in [-0.25, -0.2) is 4.98 Å². The van der Waals surface area contributed by atoms with Crippen molar-refractivity contribution in [3.05, 3.63) is 23.9 Å². The quantitative estimate of drug-likeness (QED) is 0.762. The summed E-state index contributed by atoms with van der Waals surface area (Å²) in [5, 5.41) is 0. The molecule has 0 bridgehead atoms. The molecule has 2 rings (SSSR count). The Hall–Kier alpha value is -1.09. The Balaban J connectivity index is 1.97. The van der Waals surface area contributed by atoms with Gasteiger partial charge in [-0.15, -0.1) is 0 Å². The fourth-order valence-electron chi connectivity index (χ4n) is 1.58. The van der Waals surface area contributed by atoms with Gasteiger partial charge in [-0.3, -0.25) is 0 Å². The van der Waals surface area contributed by atoms with Crippen LogP contribution in [0.15, 0.2) is 18.3 Å². The first kappa shape index (κ1) is 10.4. The Bertz CT molecular complexity index is 302. The van der Waals surface area contributed by atoms with Crippen LogP contribution < -0.4 is 4.74 Å². The molecule has 3 heteroatoms. The summed E-state index contributed by atoms with van der Waals surface area (Å²) in [6.45, 7) is 5.80. The van der Waals surface area contributed by atoms with Gasteiger partial charge in [-0.2, -0.15) is 0 Å². The minimum Gasteiger partial charge on any atom is -0.472 e. The Morgan fingerprint density at radius 2 is 2.33 bits per heavy atom. The van der Waals surface area contributed by atoms with Crippen LogP contribution in [0.1, 0.15) is 31.7 Å². The average Bonchev–Trinajstić information content (AvgIpc) is 2.71. The van der Waals surface area contributed by atoms with E-state index in [9.17, 15) is 0 Å². The number of hydrogen-bond acceptors (Lipinski definition) is 3. The van der Waals surface area contributed by atoms with Crippen molar-refractivity contribution >= 4 is 0 Å². The van der Waals surface area contributed by atoms with Gasteiger partial charge in [0.2, 0.25) is 5.88 Å². The second-order valence-electron chi connectivity index (χ2n) is 4.19. The molecule has 1 atom stereocenters. The molecule has 1 fully saturated rings. The lowest BCUT2D eigenvalue weighted by Crippen LogP contribution is -2.16. The number of hydrogen-bond donors (Lipinski definition) is 0. The van der Waals surface area contributed by atoms with Crippen LogP contribution in [-0.4, -0.2) is 24.3 Å². The lowest BCUT2D eigenvalue weighted by Gasteiger charge is -2.11. The van der Waals surface area contributed by atoms with Gasteiger partial charge in [0.05, 0.1) is 13.2 Å². The highest BCUT2D eigenvalue weighted by molar-refractivity contribution is 5.20. The molecule has 1 saturated heterocycles. The van der Waals surface area contributed by atoms with Gasteiger partial charge in [-0.1, -0.05) is 19.9 Å². The van der Waals surface area contributed by atoms with E-state index in [2.05, 4.69) is 24.9 Å². The van der Waals surface area contributed by atoms with Gasteiger partial charge in [-0.05, 0) is 11.5 Å². The van der Waals surface area contributed by atoms with Crippen molar-refractivity contribution in [1.29, 1.82) is 0 Å². The maximum atomic E-state index is 5.67.